The van der Waals surface area contributed by atoms with Crippen LogP contribution in [0.25, 0.3) is 0 Å². The molecule has 0 aromatic carbocycles. The Balaban J connectivity index is 3.33. The number of halogens is 1. The molecule has 0 aliphatic heterocycles. The number of alkyl halides is 1. The first-order valence-corrected chi connectivity index (χ1v) is 5.68. The molecular weight excluding hydrogens is 255 g/mol. The predicted octanol–water partition coefficient (Wildman–Crippen LogP) is 1.17. The Morgan fingerprint density at radius 1 is 1.53 bits per heavy atom. The van der Waals surface area contributed by atoms with Gasteiger partial charge in [0.1, 0.15) is 5.67 Å². The molecule has 19 heavy (non-hydrogen) atoms. The molecule has 1 aromatic rings. The van der Waals surface area contributed by atoms with E-state index in [1.54, 1.807) is 0 Å². The van der Waals surface area contributed by atoms with E-state index in [0.29, 0.717) is 0 Å². The molecule has 0 aliphatic carbocycles. The summed E-state index contributed by atoms with van der Waals surface area (Å²) in [5, 5.41) is 0. The number of aromatic nitrogens is 2. The highest BCUT2D eigenvalue weighted by molar-refractivity contribution is 5.70. The minimum absolute atomic E-state index is 0.00269. The second kappa shape index (κ2) is 5.81. The second-order valence-corrected chi connectivity index (χ2v) is 4.55. The average molecular weight is 272 g/mol. The second-order valence-electron chi connectivity index (χ2n) is 4.55. The molecule has 0 saturated heterocycles. The van der Waals surface area contributed by atoms with Gasteiger partial charge in [0.25, 0.3) is 5.56 Å². The summed E-state index contributed by atoms with van der Waals surface area (Å²) in [5.74, 6) is -1.61. The summed E-state index contributed by atoms with van der Waals surface area (Å²) in [7, 11) is 2.53. The number of carbonyl (C=O) groups excluding carboxylic acids is 1. The van der Waals surface area contributed by atoms with Crippen LogP contribution in [0, 0.1) is 0 Å². The number of methoxy groups -OCH3 is 2. The maximum atomic E-state index is 14.3. The van der Waals surface area contributed by atoms with Crippen LogP contribution in [-0.4, -0.2) is 35.8 Å². The monoisotopic (exact) mass is 272 g/mol. The summed E-state index contributed by atoms with van der Waals surface area (Å²) in [4.78, 5) is 29.4. The van der Waals surface area contributed by atoms with Gasteiger partial charge in [-0.3, -0.25) is 9.59 Å². The zero-order valence-electron chi connectivity index (χ0n) is 11.3. The van der Waals surface area contributed by atoms with Crippen LogP contribution >= 0.6 is 0 Å². The Labute approximate surface area is 110 Å². The van der Waals surface area contributed by atoms with Crippen molar-refractivity contribution < 1.29 is 18.7 Å². The lowest BCUT2D eigenvalue weighted by Gasteiger charge is -2.26. The number of aromatic amines is 1. The average Bonchev–Trinajstić information content (AvgIpc) is 2.34. The van der Waals surface area contributed by atoms with Gasteiger partial charge in [0.05, 0.1) is 32.5 Å². The number of H-pyrrole nitrogens is 1. The summed E-state index contributed by atoms with van der Waals surface area (Å²) in [6.45, 7) is 2.57. The summed E-state index contributed by atoms with van der Waals surface area (Å²) >= 11 is 0. The van der Waals surface area contributed by atoms with Gasteiger partial charge in [0.2, 0.25) is 5.88 Å². The van der Waals surface area contributed by atoms with Crippen molar-refractivity contribution in [3.63, 3.8) is 0 Å². The van der Waals surface area contributed by atoms with Gasteiger partial charge in [-0.2, -0.15) is 0 Å². The van der Waals surface area contributed by atoms with Gasteiger partial charge < -0.3 is 14.5 Å². The predicted molar refractivity (Wildman–Crippen MR) is 66.0 cm³/mol. The maximum Gasteiger partial charge on any atom is 0.306 e. The molecule has 0 aliphatic rings. The summed E-state index contributed by atoms with van der Waals surface area (Å²) in [5.41, 5.74) is -2.34. The van der Waals surface area contributed by atoms with Crippen LogP contribution in [0.3, 0.4) is 0 Å². The molecule has 1 rings (SSSR count). The number of hydrogen-bond acceptors (Lipinski definition) is 5. The van der Waals surface area contributed by atoms with E-state index in [1.807, 2.05) is 0 Å². The zero-order chi connectivity index (χ0) is 14.6. The van der Waals surface area contributed by atoms with Gasteiger partial charge in [-0.25, -0.2) is 9.37 Å². The van der Waals surface area contributed by atoms with Crippen LogP contribution < -0.4 is 10.3 Å². The van der Waals surface area contributed by atoms with E-state index in [-0.39, 0.29) is 17.9 Å². The van der Waals surface area contributed by atoms with Crippen molar-refractivity contribution in [1.29, 1.82) is 0 Å². The Bertz CT molecular complexity index is 507. The number of hydrogen-bond donors (Lipinski definition) is 1. The third kappa shape index (κ3) is 3.52. The summed E-state index contributed by atoms with van der Waals surface area (Å²) in [6, 6.07) is 0. The smallest absolute Gasteiger partial charge is 0.306 e. The molecule has 106 valence electrons. The van der Waals surface area contributed by atoms with Crippen molar-refractivity contribution in [2.45, 2.75) is 31.9 Å². The fraction of sp³-hybridized carbons (Fsp3) is 0.583. The van der Waals surface area contributed by atoms with Crippen molar-refractivity contribution in [1.82, 2.24) is 9.97 Å². The topological polar surface area (TPSA) is 81.3 Å². The van der Waals surface area contributed by atoms with Gasteiger partial charge in [-0.1, -0.05) is 0 Å². The lowest BCUT2D eigenvalue weighted by Crippen LogP contribution is -2.32. The van der Waals surface area contributed by atoms with Gasteiger partial charge >= 0.3 is 5.97 Å². The fourth-order valence-corrected chi connectivity index (χ4v) is 1.80. The van der Waals surface area contributed by atoms with Crippen molar-refractivity contribution in [3.8, 4) is 5.88 Å². The van der Waals surface area contributed by atoms with E-state index < -0.39 is 23.1 Å². The van der Waals surface area contributed by atoms with Crippen molar-refractivity contribution in [3.05, 3.63) is 22.2 Å². The van der Waals surface area contributed by atoms with E-state index in [2.05, 4.69) is 14.7 Å². The molecule has 1 heterocycles. The van der Waals surface area contributed by atoms with E-state index in [4.69, 9.17) is 4.74 Å². The minimum atomic E-state index is -1.81. The SMILES string of the molecule is COC(=O)CC(c1c(OC)nc[nH]c1=O)C(C)(C)F. The quantitative estimate of drug-likeness (QED) is 0.814. The number of carbonyl (C=O) groups is 1. The first-order chi connectivity index (χ1) is 8.81. The third-order valence-corrected chi connectivity index (χ3v) is 2.82. The molecule has 1 unspecified atom stereocenters. The van der Waals surface area contributed by atoms with E-state index in [0.717, 1.165) is 6.33 Å². The van der Waals surface area contributed by atoms with Gasteiger partial charge in [0, 0.05) is 5.92 Å². The van der Waals surface area contributed by atoms with Gasteiger partial charge in [-0.05, 0) is 13.8 Å². The van der Waals surface area contributed by atoms with Crippen LogP contribution in [0.15, 0.2) is 11.1 Å². The standard InChI is InChI=1S/C12H17FN2O4/c1-12(2,13)7(5-8(16)18-3)9-10(17)14-6-15-11(9)19-4/h6-7H,5H2,1-4H3,(H,14,15,17). The third-order valence-electron chi connectivity index (χ3n) is 2.82. The zero-order valence-corrected chi connectivity index (χ0v) is 11.3. The number of ether oxygens (including phenoxy) is 2. The van der Waals surface area contributed by atoms with Crippen molar-refractivity contribution >= 4 is 5.97 Å². The summed E-state index contributed by atoms with van der Waals surface area (Å²) < 4.78 is 23.8. The molecule has 1 N–H and O–H groups in total. The lowest BCUT2D eigenvalue weighted by molar-refractivity contribution is -0.142. The molecule has 0 bridgehead atoms. The van der Waals surface area contributed by atoms with Crippen LogP contribution in [0.2, 0.25) is 0 Å². The molecule has 0 amide bonds. The maximum absolute atomic E-state index is 14.3. The highest BCUT2D eigenvalue weighted by atomic mass is 19.1. The van der Waals surface area contributed by atoms with E-state index >= 15 is 0 Å². The number of nitrogens with zero attached hydrogens (tertiary/aromatic N) is 1. The highest BCUT2D eigenvalue weighted by Gasteiger charge is 2.37. The van der Waals surface area contributed by atoms with Gasteiger partial charge in [-0.15, -0.1) is 0 Å². The van der Waals surface area contributed by atoms with Crippen molar-refractivity contribution in [2.24, 2.45) is 0 Å². The molecule has 0 fully saturated rings. The Morgan fingerprint density at radius 3 is 2.63 bits per heavy atom. The molecular formula is C12H17FN2O4. The lowest BCUT2D eigenvalue weighted by atomic mass is 9.84. The Morgan fingerprint density at radius 2 is 2.16 bits per heavy atom. The molecule has 6 nitrogen and oxygen atoms in total. The first kappa shape index (κ1) is 15.1. The normalized spacial score (nSPS) is 12.9. The van der Waals surface area contributed by atoms with E-state index in [9.17, 15) is 14.0 Å². The number of rotatable bonds is 5. The molecule has 7 heteroatoms. The molecule has 0 saturated carbocycles. The molecule has 1 aromatic heterocycles. The van der Waals surface area contributed by atoms with Crippen LogP contribution in [0.5, 0.6) is 5.88 Å². The van der Waals surface area contributed by atoms with Gasteiger partial charge in [0.15, 0.2) is 0 Å². The Hall–Kier alpha value is -1.92. The number of esters is 1. The van der Waals surface area contributed by atoms with Crippen LogP contribution in [0.4, 0.5) is 4.39 Å². The molecule has 0 spiro atoms. The fourth-order valence-electron chi connectivity index (χ4n) is 1.80. The largest absolute Gasteiger partial charge is 0.481 e. The van der Waals surface area contributed by atoms with E-state index in [1.165, 1.54) is 28.1 Å². The van der Waals surface area contributed by atoms with Crippen molar-refractivity contribution in [2.75, 3.05) is 14.2 Å². The summed E-state index contributed by atoms with van der Waals surface area (Å²) in [6.07, 6.45) is 0.885. The first-order valence-electron chi connectivity index (χ1n) is 5.68. The number of nitrogens with one attached hydrogen (secondary N) is 1. The Kier molecular flexibility index (Phi) is 4.63. The highest BCUT2D eigenvalue weighted by Crippen LogP contribution is 2.36. The molecule has 0 radical (unpaired) electrons. The van der Waals surface area contributed by atoms with Crippen LogP contribution in [0.1, 0.15) is 31.7 Å². The van der Waals surface area contributed by atoms with Crippen LogP contribution in [-0.2, 0) is 9.53 Å². The minimum Gasteiger partial charge on any atom is -0.481 e. The molecule has 1 atom stereocenters.